The summed E-state index contributed by atoms with van der Waals surface area (Å²) in [5.74, 6) is 0. The number of hydrogen-bond donors (Lipinski definition) is 0. The molecule has 0 aromatic carbocycles. The first-order valence-corrected chi connectivity index (χ1v) is 5.30. The normalized spacial score (nSPS) is 27.7. The zero-order chi connectivity index (χ0) is 9.19. The van der Waals surface area contributed by atoms with Crippen LogP contribution in [0, 0.1) is 6.42 Å². The average Bonchev–Trinajstić information content (AvgIpc) is 2.18. The van der Waals surface area contributed by atoms with Gasteiger partial charge >= 0.3 is 0 Å². The molecule has 1 rings (SSSR count). The molecule has 1 radical (unpaired) electrons. The SMILES string of the molecule is [CH]1/C=C/C=C/CCC/C=C/CCC1. The van der Waals surface area contributed by atoms with E-state index >= 15 is 0 Å². The van der Waals surface area contributed by atoms with Gasteiger partial charge in [0.05, 0.1) is 0 Å². The molecule has 0 aliphatic heterocycles. The Hall–Kier alpha value is -0.780. The lowest BCUT2D eigenvalue weighted by molar-refractivity contribution is 0.828. The van der Waals surface area contributed by atoms with Crippen molar-refractivity contribution >= 4 is 0 Å². The van der Waals surface area contributed by atoms with E-state index in [1.165, 1.54) is 38.5 Å². The zero-order valence-electron chi connectivity index (χ0n) is 8.28. The van der Waals surface area contributed by atoms with Crippen LogP contribution in [0.25, 0.3) is 0 Å². The minimum Gasteiger partial charge on any atom is -0.0885 e. The van der Waals surface area contributed by atoms with E-state index in [-0.39, 0.29) is 0 Å². The van der Waals surface area contributed by atoms with Crippen molar-refractivity contribution in [3.8, 4) is 0 Å². The molecule has 0 nitrogen and oxygen atoms in total. The molecular weight excluding hydrogens is 156 g/mol. The molecule has 0 bridgehead atoms. The quantitative estimate of drug-likeness (QED) is 0.484. The molecule has 0 saturated heterocycles. The molecule has 0 amide bonds. The third-order valence-electron chi connectivity index (χ3n) is 2.14. The van der Waals surface area contributed by atoms with E-state index in [0.29, 0.717) is 0 Å². The second kappa shape index (κ2) is 7.85. The van der Waals surface area contributed by atoms with Gasteiger partial charge in [0, 0.05) is 0 Å². The van der Waals surface area contributed by atoms with Crippen LogP contribution in [0.3, 0.4) is 0 Å². The van der Waals surface area contributed by atoms with Crippen molar-refractivity contribution in [1.82, 2.24) is 0 Å². The average molecular weight is 175 g/mol. The maximum absolute atomic E-state index is 2.32. The molecule has 1 aliphatic rings. The second-order valence-corrected chi connectivity index (χ2v) is 3.38. The third-order valence-corrected chi connectivity index (χ3v) is 2.14. The number of hydrogen-bond acceptors (Lipinski definition) is 0. The smallest absolute Gasteiger partial charge is 0.0167 e. The highest BCUT2D eigenvalue weighted by molar-refractivity contribution is 5.07. The summed E-state index contributed by atoms with van der Waals surface area (Å²) in [7, 11) is 0. The fourth-order valence-electron chi connectivity index (χ4n) is 1.36. The Morgan fingerprint density at radius 3 is 2.08 bits per heavy atom. The molecule has 0 heteroatoms. The number of allylic oxidation sites excluding steroid dienone is 6. The molecule has 0 aromatic rings. The van der Waals surface area contributed by atoms with Gasteiger partial charge in [-0.1, -0.05) is 36.5 Å². The van der Waals surface area contributed by atoms with Crippen LogP contribution in [-0.2, 0) is 0 Å². The largest absolute Gasteiger partial charge is 0.0885 e. The lowest BCUT2D eigenvalue weighted by Crippen LogP contribution is -1.73. The van der Waals surface area contributed by atoms with Gasteiger partial charge in [0.15, 0.2) is 0 Å². The lowest BCUT2D eigenvalue weighted by atomic mass is 10.1. The molecule has 0 saturated carbocycles. The summed E-state index contributed by atoms with van der Waals surface area (Å²) in [6.45, 7) is 0. The zero-order valence-corrected chi connectivity index (χ0v) is 8.28. The Balaban J connectivity index is 2.28. The number of rotatable bonds is 0. The van der Waals surface area contributed by atoms with Gasteiger partial charge in [-0.2, -0.15) is 0 Å². The minimum atomic E-state index is 1.20. The minimum absolute atomic E-state index is 1.20. The Bertz CT molecular complexity index is 184. The van der Waals surface area contributed by atoms with Crippen LogP contribution in [0.1, 0.15) is 38.5 Å². The summed E-state index contributed by atoms with van der Waals surface area (Å²) in [6.07, 6.45) is 23.0. The molecule has 0 heterocycles. The van der Waals surface area contributed by atoms with Gasteiger partial charge in [-0.25, -0.2) is 0 Å². The van der Waals surface area contributed by atoms with Crippen LogP contribution in [0.4, 0.5) is 0 Å². The van der Waals surface area contributed by atoms with Crippen LogP contribution in [0.15, 0.2) is 36.5 Å². The molecule has 0 spiro atoms. The van der Waals surface area contributed by atoms with Gasteiger partial charge in [-0.05, 0) is 44.9 Å². The summed E-state index contributed by atoms with van der Waals surface area (Å²) in [6, 6.07) is 0. The van der Waals surface area contributed by atoms with Crippen LogP contribution >= 0.6 is 0 Å². The van der Waals surface area contributed by atoms with Gasteiger partial charge in [0.2, 0.25) is 0 Å². The van der Waals surface area contributed by atoms with Gasteiger partial charge in [-0.3, -0.25) is 0 Å². The Labute approximate surface area is 82.0 Å². The van der Waals surface area contributed by atoms with Crippen LogP contribution in [-0.4, -0.2) is 0 Å². The summed E-state index contributed by atoms with van der Waals surface area (Å²) in [5, 5.41) is 0. The highest BCUT2D eigenvalue weighted by Crippen LogP contribution is 2.04. The first-order valence-electron chi connectivity index (χ1n) is 5.30. The molecule has 71 valence electrons. The molecule has 13 heavy (non-hydrogen) atoms. The van der Waals surface area contributed by atoms with E-state index in [1.807, 2.05) is 0 Å². The van der Waals surface area contributed by atoms with E-state index < -0.39 is 0 Å². The van der Waals surface area contributed by atoms with Crippen LogP contribution in [0.2, 0.25) is 0 Å². The van der Waals surface area contributed by atoms with Crippen LogP contribution in [0.5, 0.6) is 0 Å². The molecule has 0 atom stereocenters. The summed E-state index contributed by atoms with van der Waals surface area (Å²) >= 11 is 0. The first kappa shape index (κ1) is 10.3. The van der Waals surface area contributed by atoms with Crippen molar-refractivity contribution in [3.63, 3.8) is 0 Å². The van der Waals surface area contributed by atoms with E-state index in [2.05, 4.69) is 42.9 Å². The fourth-order valence-corrected chi connectivity index (χ4v) is 1.36. The summed E-state index contributed by atoms with van der Waals surface area (Å²) in [5.41, 5.74) is 0. The van der Waals surface area contributed by atoms with Gasteiger partial charge in [0.1, 0.15) is 0 Å². The summed E-state index contributed by atoms with van der Waals surface area (Å²) in [4.78, 5) is 0. The molecular formula is C13H19. The predicted molar refractivity (Wildman–Crippen MR) is 59.4 cm³/mol. The van der Waals surface area contributed by atoms with E-state index in [1.54, 1.807) is 0 Å². The van der Waals surface area contributed by atoms with E-state index in [4.69, 9.17) is 0 Å². The monoisotopic (exact) mass is 175 g/mol. The first-order chi connectivity index (χ1) is 6.50. The molecule has 0 fully saturated rings. The standard InChI is InChI=1S/C13H19/c1-2-4-6-8-10-12-13-11-9-7-5-3-1/h1-5,12-13H,6-11H2/b2-1+,5-3+,13-12+. The van der Waals surface area contributed by atoms with Crippen molar-refractivity contribution in [2.45, 2.75) is 38.5 Å². The molecule has 1 aliphatic carbocycles. The van der Waals surface area contributed by atoms with Crippen LogP contribution < -0.4 is 0 Å². The van der Waals surface area contributed by atoms with E-state index in [0.717, 1.165) is 0 Å². The van der Waals surface area contributed by atoms with Crippen molar-refractivity contribution in [1.29, 1.82) is 0 Å². The van der Waals surface area contributed by atoms with Crippen molar-refractivity contribution in [3.05, 3.63) is 42.9 Å². The van der Waals surface area contributed by atoms with Crippen molar-refractivity contribution in [2.75, 3.05) is 0 Å². The van der Waals surface area contributed by atoms with Gasteiger partial charge in [0.25, 0.3) is 0 Å². The molecule has 0 aromatic heterocycles. The second-order valence-electron chi connectivity index (χ2n) is 3.38. The topological polar surface area (TPSA) is 0 Å². The Morgan fingerprint density at radius 1 is 0.538 bits per heavy atom. The van der Waals surface area contributed by atoms with Gasteiger partial charge in [-0.15, -0.1) is 0 Å². The third kappa shape index (κ3) is 6.39. The molecule has 0 unspecified atom stereocenters. The van der Waals surface area contributed by atoms with Crippen molar-refractivity contribution in [2.24, 2.45) is 0 Å². The molecule has 0 N–H and O–H groups in total. The fraction of sp³-hybridized carbons (Fsp3) is 0.462. The Kier molecular flexibility index (Phi) is 6.22. The van der Waals surface area contributed by atoms with Crippen molar-refractivity contribution < 1.29 is 0 Å². The van der Waals surface area contributed by atoms with E-state index in [9.17, 15) is 0 Å². The maximum atomic E-state index is 2.32. The predicted octanol–water partition coefficient (Wildman–Crippen LogP) is 4.21. The lowest BCUT2D eigenvalue weighted by Gasteiger charge is -1.92. The highest BCUT2D eigenvalue weighted by atomic mass is 13.9. The maximum Gasteiger partial charge on any atom is -0.0167 e. The highest BCUT2D eigenvalue weighted by Gasteiger charge is 1.85. The summed E-state index contributed by atoms with van der Waals surface area (Å²) < 4.78 is 0. The van der Waals surface area contributed by atoms with Gasteiger partial charge < -0.3 is 0 Å². The Morgan fingerprint density at radius 2 is 1.23 bits per heavy atom.